The minimum atomic E-state index is -0.925. The monoisotopic (exact) mass is 289 g/mol. The van der Waals surface area contributed by atoms with Gasteiger partial charge < -0.3 is 15.7 Å². The van der Waals surface area contributed by atoms with Gasteiger partial charge in [-0.05, 0) is 30.7 Å². The lowest BCUT2D eigenvalue weighted by atomic mass is 10.2. The zero-order chi connectivity index (χ0) is 15.0. The van der Waals surface area contributed by atoms with E-state index in [9.17, 15) is 14.4 Å². The molecule has 0 spiro atoms. The van der Waals surface area contributed by atoms with E-state index < -0.39 is 17.8 Å². The van der Waals surface area contributed by atoms with Crippen molar-refractivity contribution in [3.63, 3.8) is 0 Å². The molecular weight excluding hydrogens is 274 g/mol. The van der Waals surface area contributed by atoms with Crippen LogP contribution in [0.3, 0.4) is 0 Å². The van der Waals surface area contributed by atoms with Crippen molar-refractivity contribution >= 4 is 29.3 Å². The van der Waals surface area contributed by atoms with E-state index in [-0.39, 0.29) is 11.9 Å². The topological polar surface area (TPSA) is 98.7 Å². The molecule has 1 aliphatic carbocycles. The minimum absolute atomic E-state index is 0.130. The lowest BCUT2D eigenvalue weighted by molar-refractivity contribution is -0.139. The molecule has 1 aromatic carbocycles. The highest BCUT2D eigenvalue weighted by molar-refractivity contribution is 5.98. The van der Waals surface area contributed by atoms with Gasteiger partial charge in [-0.1, -0.05) is 0 Å². The Kier molecular flexibility index (Phi) is 3.25. The van der Waals surface area contributed by atoms with Gasteiger partial charge in [-0.3, -0.25) is 14.5 Å². The second-order valence-electron chi connectivity index (χ2n) is 5.21. The number of benzene rings is 1. The van der Waals surface area contributed by atoms with Crippen LogP contribution < -0.4 is 15.5 Å². The molecule has 21 heavy (non-hydrogen) atoms. The summed E-state index contributed by atoms with van der Waals surface area (Å²) in [5.74, 6) is -2.19. The first-order valence-corrected chi connectivity index (χ1v) is 6.75. The maximum absolute atomic E-state index is 11.8. The fourth-order valence-electron chi connectivity index (χ4n) is 2.44. The lowest BCUT2D eigenvalue weighted by Gasteiger charge is -2.14. The smallest absolute Gasteiger partial charge is 0.321 e. The summed E-state index contributed by atoms with van der Waals surface area (Å²) in [6.45, 7) is 1.24. The number of carbonyl (C=O) groups is 3. The van der Waals surface area contributed by atoms with Crippen molar-refractivity contribution in [1.29, 1.82) is 0 Å². The SMILES string of the molecule is O=C(O)[C@H]1C[C@H]1C(=O)Nc1ccc(N2CCNC2=O)cc1. The number of rotatable bonds is 4. The number of carbonyl (C=O) groups excluding carboxylic acids is 2. The molecular formula is C14H15N3O4. The number of nitrogens with one attached hydrogen (secondary N) is 2. The molecule has 2 aliphatic rings. The molecule has 0 bridgehead atoms. The van der Waals surface area contributed by atoms with Crippen LogP contribution in [0.4, 0.5) is 16.2 Å². The molecule has 0 unspecified atom stereocenters. The van der Waals surface area contributed by atoms with Gasteiger partial charge in [0.15, 0.2) is 0 Å². The van der Waals surface area contributed by atoms with Gasteiger partial charge in [-0.25, -0.2) is 4.79 Å². The minimum Gasteiger partial charge on any atom is -0.481 e. The van der Waals surface area contributed by atoms with Gasteiger partial charge in [-0.15, -0.1) is 0 Å². The summed E-state index contributed by atoms with van der Waals surface area (Å²) >= 11 is 0. The highest BCUT2D eigenvalue weighted by Crippen LogP contribution is 2.39. The summed E-state index contributed by atoms with van der Waals surface area (Å²) in [5, 5.41) is 14.2. The van der Waals surface area contributed by atoms with Gasteiger partial charge in [0, 0.05) is 24.5 Å². The van der Waals surface area contributed by atoms with Crippen LogP contribution >= 0.6 is 0 Å². The third-order valence-corrected chi connectivity index (χ3v) is 3.75. The van der Waals surface area contributed by atoms with Crippen LogP contribution in [0.5, 0.6) is 0 Å². The Labute approximate surface area is 120 Å². The van der Waals surface area contributed by atoms with E-state index in [4.69, 9.17) is 5.11 Å². The average molecular weight is 289 g/mol. The first kappa shape index (κ1) is 13.4. The Morgan fingerprint density at radius 1 is 1.24 bits per heavy atom. The number of hydrogen-bond donors (Lipinski definition) is 3. The van der Waals surface area contributed by atoms with E-state index in [0.29, 0.717) is 25.2 Å². The van der Waals surface area contributed by atoms with Crippen LogP contribution in [0.15, 0.2) is 24.3 Å². The fraction of sp³-hybridized carbons (Fsp3) is 0.357. The molecule has 7 nitrogen and oxygen atoms in total. The predicted molar refractivity (Wildman–Crippen MR) is 75.0 cm³/mol. The molecule has 2 atom stereocenters. The summed E-state index contributed by atoms with van der Waals surface area (Å²) in [5.41, 5.74) is 1.36. The van der Waals surface area contributed by atoms with Crippen LogP contribution in [0, 0.1) is 11.8 Å². The summed E-state index contributed by atoms with van der Waals surface area (Å²) < 4.78 is 0. The molecule has 3 rings (SSSR count). The van der Waals surface area contributed by atoms with Crippen molar-refractivity contribution in [2.75, 3.05) is 23.3 Å². The molecule has 0 aromatic heterocycles. The second-order valence-corrected chi connectivity index (χ2v) is 5.21. The molecule has 110 valence electrons. The zero-order valence-electron chi connectivity index (χ0n) is 11.2. The van der Waals surface area contributed by atoms with E-state index >= 15 is 0 Å². The number of anilines is 2. The van der Waals surface area contributed by atoms with Crippen molar-refractivity contribution in [2.24, 2.45) is 11.8 Å². The van der Waals surface area contributed by atoms with Crippen molar-refractivity contribution in [3.8, 4) is 0 Å². The molecule has 1 aliphatic heterocycles. The van der Waals surface area contributed by atoms with Gasteiger partial charge >= 0.3 is 12.0 Å². The van der Waals surface area contributed by atoms with E-state index in [2.05, 4.69) is 10.6 Å². The van der Waals surface area contributed by atoms with Crippen LogP contribution in [-0.4, -0.2) is 36.1 Å². The highest BCUT2D eigenvalue weighted by atomic mass is 16.4. The number of urea groups is 1. The van der Waals surface area contributed by atoms with E-state index in [1.807, 2.05) is 0 Å². The van der Waals surface area contributed by atoms with Gasteiger partial charge in [0.05, 0.1) is 11.8 Å². The van der Waals surface area contributed by atoms with E-state index in [1.54, 1.807) is 29.2 Å². The highest BCUT2D eigenvalue weighted by Gasteiger charge is 2.48. The fourth-order valence-corrected chi connectivity index (χ4v) is 2.44. The van der Waals surface area contributed by atoms with Gasteiger partial charge in [0.2, 0.25) is 5.91 Å². The summed E-state index contributed by atoms with van der Waals surface area (Å²) in [6, 6.07) is 6.78. The lowest BCUT2D eigenvalue weighted by Crippen LogP contribution is -2.27. The van der Waals surface area contributed by atoms with Crippen molar-refractivity contribution in [2.45, 2.75) is 6.42 Å². The molecule has 0 radical (unpaired) electrons. The van der Waals surface area contributed by atoms with E-state index in [0.717, 1.165) is 5.69 Å². The number of aliphatic carboxylic acids is 1. The Morgan fingerprint density at radius 2 is 1.95 bits per heavy atom. The molecule has 3 amide bonds. The Morgan fingerprint density at radius 3 is 2.48 bits per heavy atom. The largest absolute Gasteiger partial charge is 0.481 e. The molecule has 2 fully saturated rings. The maximum Gasteiger partial charge on any atom is 0.321 e. The van der Waals surface area contributed by atoms with E-state index in [1.165, 1.54) is 0 Å². The summed E-state index contributed by atoms with van der Waals surface area (Å²) in [4.78, 5) is 35.7. The predicted octanol–water partition coefficient (Wildman–Crippen LogP) is 0.875. The van der Waals surface area contributed by atoms with Crippen molar-refractivity contribution < 1.29 is 19.5 Å². The van der Waals surface area contributed by atoms with Gasteiger partial charge in [0.1, 0.15) is 0 Å². The molecule has 3 N–H and O–H groups in total. The maximum atomic E-state index is 11.8. The zero-order valence-corrected chi connectivity index (χ0v) is 11.2. The van der Waals surface area contributed by atoms with Crippen LogP contribution in [-0.2, 0) is 9.59 Å². The standard InChI is InChI=1S/C14H15N3O4/c18-12(10-7-11(10)13(19)20)16-8-1-3-9(4-2-8)17-6-5-15-14(17)21/h1-4,10-11H,5-7H2,(H,15,21)(H,16,18)(H,19,20)/t10-,11+/m1/s1. The number of carboxylic acids is 1. The number of carboxylic acid groups (broad SMARTS) is 1. The molecule has 1 heterocycles. The summed E-state index contributed by atoms with van der Waals surface area (Å²) in [6.07, 6.45) is 0.396. The van der Waals surface area contributed by atoms with Crippen molar-refractivity contribution in [1.82, 2.24) is 5.32 Å². The molecule has 1 aromatic rings. The molecule has 7 heteroatoms. The number of amides is 3. The van der Waals surface area contributed by atoms with Gasteiger partial charge in [-0.2, -0.15) is 0 Å². The Hall–Kier alpha value is -2.57. The molecule has 1 saturated carbocycles. The first-order valence-electron chi connectivity index (χ1n) is 6.75. The number of nitrogens with zero attached hydrogens (tertiary/aromatic N) is 1. The van der Waals surface area contributed by atoms with Gasteiger partial charge in [0.25, 0.3) is 0 Å². The number of hydrogen-bond acceptors (Lipinski definition) is 3. The normalized spacial score (nSPS) is 23.6. The third-order valence-electron chi connectivity index (χ3n) is 3.75. The van der Waals surface area contributed by atoms with Crippen LogP contribution in [0.2, 0.25) is 0 Å². The Balaban J connectivity index is 1.61. The summed E-state index contributed by atoms with van der Waals surface area (Å²) in [7, 11) is 0. The Bertz CT molecular complexity index is 599. The van der Waals surface area contributed by atoms with Crippen LogP contribution in [0.1, 0.15) is 6.42 Å². The average Bonchev–Trinajstić information content (AvgIpc) is 3.16. The quantitative estimate of drug-likeness (QED) is 0.766. The third kappa shape index (κ3) is 2.67. The second kappa shape index (κ2) is 5.08. The van der Waals surface area contributed by atoms with Crippen LogP contribution in [0.25, 0.3) is 0 Å². The first-order chi connectivity index (χ1) is 10.1. The van der Waals surface area contributed by atoms with Crippen molar-refractivity contribution in [3.05, 3.63) is 24.3 Å². The molecule has 1 saturated heterocycles.